The molecule has 2 bridgehead atoms. The van der Waals surface area contributed by atoms with Crippen LogP contribution in [0.15, 0.2) is 97.1 Å². The van der Waals surface area contributed by atoms with E-state index in [4.69, 9.17) is 0 Å². The Hall–Kier alpha value is -4.44. The van der Waals surface area contributed by atoms with Crippen molar-refractivity contribution < 1.29 is 0 Å². The van der Waals surface area contributed by atoms with Gasteiger partial charge in [0.2, 0.25) is 0 Å². The van der Waals surface area contributed by atoms with E-state index < -0.39 is 0 Å². The van der Waals surface area contributed by atoms with Gasteiger partial charge in [-0.1, -0.05) is 129 Å². The van der Waals surface area contributed by atoms with Crippen LogP contribution >= 0.6 is 0 Å². The maximum Gasteiger partial charge on any atom is 0.252 e. The van der Waals surface area contributed by atoms with Gasteiger partial charge in [-0.3, -0.25) is 0 Å². The van der Waals surface area contributed by atoms with Gasteiger partial charge in [-0.25, -0.2) is 0 Å². The summed E-state index contributed by atoms with van der Waals surface area (Å²) in [5.41, 5.74) is 19.0. The summed E-state index contributed by atoms with van der Waals surface area (Å²) in [5.74, 6) is 1.59. The monoisotopic (exact) mass is 725 g/mol. The van der Waals surface area contributed by atoms with Gasteiger partial charge in [0.25, 0.3) is 6.71 Å². The Bertz CT molecular complexity index is 2300. The number of nitrogens with zero attached hydrogens (tertiary/aromatic N) is 3. The molecule has 282 valence electrons. The molecule has 0 amide bonds. The molecule has 9 rings (SSSR count). The number of anilines is 6. The fourth-order valence-electron chi connectivity index (χ4n) is 10.4. The van der Waals surface area contributed by atoms with Crippen molar-refractivity contribution in [2.75, 3.05) is 28.8 Å². The molecule has 3 nitrogen and oxygen atoms in total. The van der Waals surface area contributed by atoms with E-state index in [1.165, 1.54) is 104 Å². The zero-order valence-corrected chi connectivity index (χ0v) is 35.2. The Balaban J connectivity index is 1.40. The summed E-state index contributed by atoms with van der Waals surface area (Å²) in [5, 5.41) is 0. The van der Waals surface area contributed by atoms with Gasteiger partial charge in [-0.15, -0.1) is 0 Å². The second-order valence-electron chi connectivity index (χ2n) is 20.6. The van der Waals surface area contributed by atoms with Crippen molar-refractivity contribution in [1.29, 1.82) is 0 Å². The highest BCUT2D eigenvalue weighted by molar-refractivity contribution is 7.00. The minimum Gasteiger partial charge on any atom is -0.378 e. The minimum atomic E-state index is 0.0151. The lowest BCUT2D eigenvalue weighted by molar-refractivity contribution is 0.413. The fraction of sp³-hybridized carbons (Fsp3) is 0.412. The molecule has 0 spiro atoms. The molecule has 5 aromatic rings. The van der Waals surface area contributed by atoms with Crippen LogP contribution in [0.5, 0.6) is 0 Å². The number of hydrogen-bond acceptors (Lipinski definition) is 3. The van der Waals surface area contributed by atoms with Crippen LogP contribution in [0.25, 0.3) is 11.1 Å². The van der Waals surface area contributed by atoms with Crippen LogP contribution in [-0.4, -0.2) is 26.8 Å². The van der Waals surface area contributed by atoms with Crippen LogP contribution in [0.1, 0.15) is 105 Å². The molecule has 5 aromatic carbocycles. The molecule has 2 fully saturated rings. The summed E-state index contributed by atoms with van der Waals surface area (Å²) in [6.07, 6.45) is 5.41. The first-order chi connectivity index (χ1) is 26.0. The van der Waals surface area contributed by atoms with Crippen molar-refractivity contribution in [3.8, 4) is 11.1 Å². The smallest absolute Gasteiger partial charge is 0.252 e. The SMILES string of the molecule is CN(C)c1cc2c3c(c1)N(C1CC4CCC1C4)c1ccc(C(C)(C)C)cc1B3c1cc(C(C)(C)C)ccc1N2c1ccc(C(C)(C)C)cc1-c1ccccc1. The van der Waals surface area contributed by atoms with Crippen LogP contribution in [0.2, 0.25) is 0 Å². The Kier molecular flexibility index (Phi) is 8.26. The molecule has 0 N–H and O–H groups in total. The third kappa shape index (κ3) is 5.93. The molecule has 2 saturated carbocycles. The van der Waals surface area contributed by atoms with E-state index in [1.807, 2.05) is 0 Å². The van der Waals surface area contributed by atoms with E-state index in [9.17, 15) is 0 Å². The van der Waals surface area contributed by atoms with Crippen molar-refractivity contribution in [1.82, 2.24) is 0 Å². The molecule has 3 atom stereocenters. The van der Waals surface area contributed by atoms with E-state index in [-0.39, 0.29) is 23.0 Å². The number of fused-ring (bicyclic) bond motifs is 6. The number of rotatable bonds is 4. The molecule has 0 aromatic heterocycles. The quantitative estimate of drug-likeness (QED) is 0.168. The van der Waals surface area contributed by atoms with Crippen LogP contribution in [0.4, 0.5) is 34.1 Å². The molecular formula is C51H60BN3. The van der Waals surface area contributed by atoms with E-state index in [0.717, 1.165) is 11.8 Å². The highest BCUT2D eigenvalue weighted by Crippen LogP contribution is 2.53. The zero-order chi connectivity index (χ0) is 38.8. The van der Waals surface area contributed by atoms with Crippen molar-refractivity contribution in [3.63, 3.8) is 0 Å². The van der Waals surface area contributed by atoms with E-state index in [2.05, 4.69) is 188 Å². The third-order valence-electron chi connectivity index (χ3n) is 13.6. The molecule has 55 heavy (non-hydrogen) atoms. The predicted molar refractivity (Wildman–Crippen MR) is 239 cm³/mol. The topological polar surface area (TPSA) is 9.72 Å². The largest absolute Gasteiger partial charge is 0.378 e. The van der Waals surface area contributed by atoms with Crippen LogP contribution in [0.3, 0.4) is 0 Å². The Morgan fingerprint density at radius 2 is 1.13 bits per heavy atom. The van der Waals surface area contributed by atoms with Gasteiger partial charge >= 0.3 is 0 Å². The maximum atomic E-state index is 2.85. The van der Waals surface area contributed by atoms with Gasteiger partial charge in [0, 0.05) is 54.1 Å². The van der Waals surface area contributed by atoms with E-state index >= 15 is 0 Å². The molecule has 2 aliphatic carbocycles. The molecular weight excluding hydrogens is 665 g/mol. The Labute approximate surface area is 331 Å². The van der Waals surface area contributed by atoms with Gasteiger partial charge in [0.1, 0.15) is 0 Å². The van der Waals surface area contributed by atoms with Crippen molar-refractivity contribution in [2.45, 2.75) is 110 Å². The summed E-state index contributed by atoms with van der Waals surface area (Å²) in [4.78, 5) is 7.82. The lowest BCUT2D eigenvalue weighted by atomic mass is 9.33. The van der Waals surface area contributed by atoms with Gasteiger partial charge in [-0.05, 0) is 122 Å². The van der Waals surface area contributed by atoms with E-state index in [1.54, 1.807) is 0 Å². The number of hydrogen-bond donors (Lipinski definition) is 0. The lowest BCUT2D eigenvalue weighted by Crippen LogP contribution is -2.63. The summed E-state index contributed by atoms with van der Waals surface area (Å²) in [6.45, 7) is 21.3. The first kappa shape index (κ1) is 36.2. The second-order valence-corrected chi connectivity index (χ2v) is 20.6. The summed E-state index contributed by atoms with van der Waals surface area (Å²) in [7, 11) is 4.43. The highest BCUT2D eigenvalue weighted by Gasteiger charge is 2.49. The van der Waals surface area contributed by atoms with Crippen molar-refractivity contribution in [3.05, 3.63) is 114 Å². The van der Waals surface area contributed by atoms with Crippen LogP contribution < -0.4 is 31.1 Å². The standard InChI is InChI=1S/C51H60BN3/c1-49(2,3)35-19-22-42(39(27-35)33-15-13-12-14-16-33)54-43-23-20-36(50(4,5)6)28-40(43)52-41-29-37(51(7,8)9)21-24-44(41)55(45-26-32-17-18-34(45)25-32)47-31-38(53(10)11)30-46(54)48(47)52/h12-16,19-24,27-32,34,45H,17-18,25-26H2,1-11H3. The van der Waals surface area contributed by atoms with Crippen molar-refractivity contribution >= 4 is 57.2 Å². The molecule has 3 unspecified atom stereocenters. The van der Waals surface area contributed by atoms with E-state index in [0.29, 0.717) is 6.04 Å². The van der Waals surface area contributed by atoms with Gasteiger partial charge in [0.15, 0.2) is 0 Å². The molecule has 4 heteroatoms. The first-order valence-electron chi connectivity index (χ1n) is 20.9. The molecule has 2 aliphatic heterocycles. The second kappa shape index (κ2) is 12.5. The number of benzene rings is 5. The average molecular weight is 726 g/mol. The minimum absolute atomic E-state index is 0.0151. The molecule has 4 aliphatic rings. The summed E-state index contributed by atoms with van der Waals surface area (Å²) >= 11 is 0. The third-order valence-corrected chi connectivity index (χ3v) is 13.6. The highest BCUT2D eigenvalue weighted by atomic mass is 15.2. The maximum absolute atomic E-state index is 2.85. The first-order valence-corrected chi connectivity index (χ1v) is 20.9. The van der Waals surface area contributed by atoms with Crippen molar-refractivity contribution in [2.24, 2.45) is 11.8 Å². The van der Waals surface area contributed by atoms with Crippen LogP contribution in [-0.2, 0) is 16.2 Å². The summed E-state index contributed by atoms with van der Waals surface area (Å²) in [6, 6.07) is 38.9. The molecule has 2 heterocycles. The lowest BCUT2D eigenvalue weighted by Gasteiger charge is -2.48. The van der Waals surface area contributed by atoms with Gasteiger partial charge < -0.3 is 14.7 Å². The van der Waals surface area contributed by atoms with Crippen LogP contribution in [0, 0.1) is 11.8 Å². The zero-order valence-electron chi connectivity index (χ0n) is 35.2. The predicted octanol–water partition coefficient (Wildman–Crippen LogP) is 11.3. The summed E-state index contributed by atoms with van der Waals surface area (Å²) < 4.78 is 0. The van der Waals surface area contributed by atoms with Gasteiger partial charge in [0.05, 0.1) is 5.69 Å². The Morgan fingerprint density at radius 1 is 0.564 bits per heavy atom. The molecule has 0 radical (unpaired) electrons. The normalized spacial score (nSPS) is 20.1. The average Bonchev–Trinajstić information content (AvgIpc) is 3.77. The fourth-order valence-corrected chi connectivity index (χ4v) is 10.4. The van der Waals surface area contributed by atoms with Gasteiger partial charge in [-0.2, -0.15) is 0 Å². The Morgan fingerprint density at radius 3 is 1.69 bits per heavy atom. The molecule has 0 saturated heterocycles.